The van der Waals surface area contributed by atoms with E-state index in [2.05, 4.69) is 15.4 Å². The number of hydrogen-bond donors (Lipinski definition) is 2. The summed E-state index contributed by atoms with van der Waals surface area (Å²) in [6.45, 7) is 7.08. The van der Waals surface area contributed by atoms with Crippen molar-refractivity contribution >= 4 is 34.3 Å². The van der Waals surface area contributed by atoms with E-state index in [-0.39, 0.29) is 18.2 Å². The number of carbonyl (C=O) groups excluding carboxylic acids is 2. The number of Topliss-reactive ketones (excluding diaryl/α,β-unsaturated/α-hetero) is 1. The number of pyridine rings is 1. The van der Waals surface area contributed by atoms with Gasteiger partial charge in [-0.15, -0.1) is 0 Å². The van der Waals surface area contributed by atoms with Crippen LogP contribution in [-0.2, 0) is 16.1 Å². The minimum Gasteiger partial charge on any atom is -0.475 e. The molecule has 2 N–H and O–H groups in total. The lowest BCUT2D eigenvalue weighted by molar-refractivity contribution is -0.192. The van der Waals surface area contributed by atoms with Crippen molar-refractivity contribution in [1.29, 1.82) is 0 Å². The maximum absolute atomic E-state index is 12.3. The quantitative estimate of drug-likeness (QED) is 0.584. The van der Waals surface area contributed by atoms with Crippen LogP contribution in [0, 0.1) is 20.8 Å². The van der Waals surface area contributed by atoms with Crippen LogP contribution in [0.1, 0.15) is 34.4 Å². The van der Waals surface area contributed by atoms with Gasteiger partial charge in [-0.2, -0.15) is 18.3 Å². The predicted octanol–water partition coefficient (Wildman–Crippen LogP) is 3.83. The molecule has 1 amide bonds. The largest absolute Gasteiger partial charge is 0.490 e. The Balaban J connectivity index is 0.000000451. The fraction of sp³-hybridized carbons (Fsp3) is 0.286. The smallest absolute Gasteiger partial charge is 0.475 e. The Morgan fingerprint density at radius 1 is 1.09 bits per heavy atom. The first-order valence-corrected chi connectivity index (χ1v) is 9.32. The van der Waals surface area contributed by atoms with Gasteiger partial charge in [-0.05, 0) is 52.0 Å². The summed E-state index contributed by atoms with van der Waals surface area (Å²) in [5.41, 5.74) is 4.48. The zero-order valence-electron chi connectivity index (χ0n) is 17.7. The highest BCUT2D eigenvalue weighted by molar-refractivity contribution is 5.97. The molecule has 11 heteroatoms. The molecule has 0 aliphatic carbocycles. The molecule has 0 atom stereocenters. The number of alkyl halides is 3. The molecule has 0 unspecified atom stereocenters. The molecule has 8 nitrogen and oxygen atoms in total. The van der Waals surface area contributed by atoms with Crippen LogP contribution in [0.5, 0.6) is 0 Å². The lowest BCUT2D eigenvalue weighted by atomic mass is 10.1. The van der Waals surface area contributed by atoms with E-state index < -0.39 is 12.1 Å². The van der Waals surface area contributed by atoms with Crippen LogP contribution in [0.4, 0.5) is 18.9 Å². The van der Waals surface area contributed by atoms with E-state index in [0.717, 1.165) is 16.6 Å². The number of anilines is 1. The van der Waals surface area contributed by atoms with Crippen LogP contribution in [0.3, 0.4) is 0 Å². The lowest BCUT2D eigenvalue weighted by Gasteiger charge is -2.08. The number of ketones is 1. The monoisotopic (exact) mass is 450 g/mol. The predicted molar refractivity (Wildman–Crippen MR) is 111 cm³/mol. The van der Waals surface area contributed by atoms with Gasteiger partial charge in [0.1, 0.15) is 6.54 Å². The number of carboxylic acids is 1. The molecule has 0 bridgehead atoms. The Labute approximate surface area is 181 Å². The number of carboxylic acid groups (broad SMARTS) is 1. The van der Waals surface area contributed by atoms with Crippen LogP contribution in [0.15, 0.2) is 30.3 Å². The van der Waals surface area contributed by atoms with Crippen molar-refractivity contribution in [3.05, 3.63) is 53.0 Å². The van der Waals surface area contributed by atoms with Crippen LogP contribution >= 0.6 is 0 Å². The number of fused-ring (bicyclic) bond motifs is 1. The Bertz CT molecular complexity index is 1190. The summed E-state index contributed by atoms with van der Waals surface area (Å²) in [5, 5.41) is 15.3. The summed E-state index contributed by atoms with van der Waals surface area (Å²) in [7, 11) is 0. The Morgan fingerprint density at radius 3 is 2.25 bits per heavy atom. The maximum atomic E-state index is 12.3. The van der Waals surface area contributed by atoms with Gasteiger partial charge >= 0.3 is 12.1 Å². The van der Waals surface area contributed by atoms with Gasteiger partial charge in [0.2, 0.25) is 5.91 Å². The highest BCUT2D eigenvalue weighted by Gasteiger charge is 2.38. The Hall–Kier alpha value is -3.76. The first kappa shape index (κ1) is 24.5. The molecule has 1 aromatic carbocycles. The van der Waals surface area contributed by atoms with Crippen LogP contribution < -0.4 is 5.32 Å². The number of amides is 1. The van der Waals surface area contributed by atoms with Crippen molar-refractivity contribution in [1.82, 2.24) is 14.8 Å². The fourth-order valence-electron chi connectivity index (χ4n) is 3.00. The van der Waals surface area contributed by atoms with Gasteiger partial charge < -0.3 is 10.4 Å². The van der Waals surface area contributed by atoms with E-state index in [1.54, 1.807) is 18.5 Å². The molecule has 0 aliphatic heterocycles. The molecule has 0 spiro atoms. The normalized spacial score (nSPS) is 11.0. The summed E-state index contributed by atoms with van der Waals surface area (Å²) >= 11 is 0. The first-order chi connectivity index (χ1) is 14.8. The van der Waals surface area contributed by atoms with Gasteiger partial charge in [0.25, 0.3) is 0 Å². The topological polar surface area (TPSA) is 114 Å². The number of rotatable bonds is 4. The fourth-order valence-corrected chi connectivity index (χ4v) is 3.00. The average molecular weight is 450 g/mol. The van der Waals surface area contributed by atoms with Crippen LogP contribution in [-0.4, -0.2) is 43.7 Å². The van der Waals surface area contributed by atoms with E-state index in [1.165, 1.54) is 6.92 Å². The molecular weight excluding hydrogens is 429 g/mol. The number of halogens is 3. The molecule has 170 valence electrons. The zero-order chi connectivity index (χ0) is 24.2. The van der Waals surface area contributed by atoms with Crippen LogP contribution in [0.2, 0.25) is 0 Å². The molecule has 0 saturated carbocycles. The number of aryl methyl sites for hydroxylation is 2. The first-order valence-electron chi connectivity index (χ1n) is 9.32. The van der Waals surface area contributed by atoms with Gasteiger partial charge in [-0.25, -0.2) is 4.79 Å². The average Bonchev–Trinajstić information content (AvgIpc) is 2.94. The number of nitrogens with one attached hydrogen (secondary N) is 1. The molecule has 32 heavy (non-hydrogen) atoms. The van der Waals surface area contributed by atoms with Gasteiger partial charge in [0.05, 0.1) is 16.8 Å². The molecule has 3 rings (SSSR count). The second-order valence-corrected chi connectivity index (χ2v) is 6.97. The van der Waals surface area contributed by atoms with Gasteiger partial charge in [-0.1, -0.05) is 6.07 Å². The van der Waals surface area contributed by atoms with Gasteiger partial charge in [0.15, 0.2) is 5.78 Å². The number of aromatic nitrogens is 3. The molecule has 3 aromatic rings. The van der Waals surface area contributed by atoms with Gasteiger partial charge in [-0.3, -0.25) is 19.3 Å². The summed E-state index contributed by atoms with van der Waals surface area (Å²) in [6.07, 6.45) is -5.08. The molecule has 0 fully saturated rings. The second kappa shape index (κ2) is 9.58. The molecule has 2 aromatic heterocycles. The number of benzene rings is 1. The standard InChI is InChI=1S/C19H20N4O2.C2HF3O2/c1-11-5-6-15-9-16(7-8-17(15)20-11)21-18(25)10-23-13(3)19(14(4)24)12(2)22-23;3-2(4,5)1(6)7/h5-9H,10H2,1-4H3,(H,21,25);(H,6,7). The molecule has 2 heterocycles. The maximum Gasteiger partial charge on any atom is 0.490 e. The van der Waals surface area contributed by atoms with Crippen molar-refractivity contribution in [2.24, 2.45) is 0 Å². The lowest BCUT2D eigenvalue weighted by Crippen LogP contribution is -2.21. The number of nitrogens with zero attached hydrogens (tertiary/aromatic N) is 3. The van der Waals surface area contributed by atoms with Crippen LogP contribution in [0.25, 0.3) is 10.9 Å². The van der Waals surface area contributed by atoms with Crippen molar-refractivity contribution in [2.75, 3.05) is 5.32 Å². The van der Waals surface area contributed by atoms with E-state index in [0.29, 0.717) is 22.6 Å². The third-order valence-corrected chi connectivity index (χ3v) is 4.38. The summed E-state index contributed by atoms with van der Waals surface area (Å²) in [4.78, 5) is 37.3. The third kappa shape index (κ3) is 6.13. The molecule has 0 saturated heterocycles. The van der Waals surface area contributed by atoms with Crippen molar-refractivity contribution in [3.8, 4) is 0 Å². The number of hydrogen-bond acceptors (Lipinski definition) is 5. The van der Waals surface area contributed by atoms with E-state index in [4.69, 9.17) is 9.90 Å². The van der Waals surface area contributed by atoms with Gasteiger partial charge in [0, 0.05) is 22.5 Å². The molecule has 0 radical (unpaired) electrons. The third-order valence-electron chi connectivity index (χ3n) is 4.38. The van der Waals surface area contributed by atoms with E-state index in [9.17, 15) is 22.8 Å². The molecular formula is C21H21F3N4O4. The van der Waals surface area contributed by atoms with Crippen molar-refractivity contribution in [2.45, 2.75) is 40.4 Å². The van der Waals surface area contributed by atoms with E-state index in [1.807, 2.05) is 37.3 Å². The Morgan fingerprint density at radius 2 is 1.72 bits per heavy atom. The Kier molecular flexibility index (Phi) is 7.34. The second-order valence-electron chi connectivity index (χ2n) is 6.97. The highest BCUT2D eigenvalue weighted by atomic mass is 19.4. The van der Waals surface area contributed by atoms with Crippen molar-refractivity contribution in [3.63, 3.8) is 0 Å². The minimum absolute atomic E-state index is 0.0426. The summed E-state index contributed by atoms with van der Waals surface area (Å²) in [5.74, 6) is -2.99. The highest BCUT2D eigenvalue weighted by Crippen LogP contribution is 2.19. The minimum atomic E-state index is -5.08. The summed E-state index contributed by atoms with van der Waals surface area (Å²) < 4.78 is 33.3. The SMILES string of the molecule is CC(=O)c1c(C)nn(CC(=O)Nc2ccc3nc(C)ccc3c2)c1C.O=C(O)C(F)(F)F. The number of aliphatic carboxylic acids is 1. The number of carbonyl (C=O) groups is 3. The van der Waals surface area contributed by atoms with Crippen molar-refractivity contribution < 1.29 is 32.7 Å². The van der Waals surface area contributed by atoms with E-state index >= 15 is 0 Å². The molecule has 0 aliphatic rings. The summed E-state index contributed by atoms with van der Waals surface area (Å²) in [6, 6.07) is 9.52. The zero-order valence-corrected chi connectivity index (χ0v) is 17.7.